The fraction of sp³-hybridized carbons (Fsp3) is 0.588. The minimum Gasteiger partial charge on any atom is -0.341 e. The molecular weight excluding hydrogens is 312 g/mol. The molecule has 1 amide bonds. The van der Waals surface area contributed by atoms with E-state index in [4.69, 9.17) is 0 Å². The van der Waals surface area contributed by atoms with Crippen molar-refractivity contribution in [3.8, 4) is 0 Å². The molecule has 6 heteroatoms. The molecule has 0 bridgehead atoms. The fourth-order valence-corrected chi connectivity index (χ4v) is 4.37. The highest BCUT2D eigenvalue weighted by Crippen LogP contribution is 2.22. The summed E-state index contributed by atoms with van der Waals surface area (Å²) in [6.07, 6.45) is 1.82. The van der Waals surface area contributed by atoms with Gasteiger partial charge < -0.3 is 4.90 Å². The average molecular weight is 338 g/mol. The zero-order chi connectivity index (χ0) is 17.3. The van der Waals surface area contributed by atoms with Gasteiger partial charge in [0, 0.05) is 32.2 Å². The first-order valence-electron chi connectivity index (χ1n) is 7.97. The molecule has 1 saturated heterocycles. The van der Waals surface area contributed by atoms with Crippen molar-refractivity contribution in [3.05, 3.63) is 29.8 Å². The Morgan fingerprint density at radius 1 is 1.13 bits per heavy atom. The van der Waals surface area contributed by atoms with Crippen LogP contribution in [0.3, 0.4) is 0 Å². The number of benzene rings is 1. The molecule has 1 aromatic carbocycles. The lowest BCUT2D eigenvalue weighted by Crippen LogP contribution is -2.34. The molecule has 0 atom stereocenters. The second kappa shape index (κ2) is 6.61. The van der Waals surface area contributed by atoms with Crippen molar-refractivity contribution in [1.29, 1.82) is 0 Å². The van der Waals surface area contributed by atoms with Gasteiger partial charge in [0.25, 0.3) is 5.91 Å². The van der Waals surface area contributed by atoms with Gasteiger partial charge in [0.15, 0.2) is 0 Å². The molecule has 0 aromatic heterocycles. The van der Waals surface area contributed by atoms with E-state index in [9.17, 15) is 13.2 Å². The minimum atomic E-state index is -3.42. The van der Waals surface area contributed by atoms with Crippen LogP contribution in [0.5, 0.6) is 0 Å². The molecule has 0 spiro atoms. The Morgan fingerprint density at radius 2 is 1.65 bits per heavy atom. The Hall–Kier alpha value is -1.40. The van der Waals surface area contributed by atoms with Crippen LogP contribution in [0.15, 0.2) is 29.2 Å². The highest BCUT2D eigenvalue weighted by Gasteiger charge is 2.27. The standard InChI is InChI=1S/C17H26N2O3S/c1-17(2,3)13-18(4)16(20)14-7-9-15(10-8-14)23(21,22)19-11-5-6-12-19/h7-10H,5-6,11-13H2,1-4H3. The van der Waals surface area contributed by atoms with Crippen LogP contribution >= 0.6 is 0 Å². The largest absolute Gasteiger partial charge is 0.341 e. The molecule has 1 aromatic rings. The Kier molecular flexibility index (Phi) is 5.16. The fourth-order valence-electron chi connectivity index (χ4n) is 2.85. The Bertz CT molecular complexity index is 654. The van der Waals surface area contributed by atoms with Gasteiger partial charge in [-0.05, 0) is 42.5 Å². The second-order valence-corrected chi connectivity index (χ2v) is 9.30. The molecular formula is C17H26N2O3S. The van der Waals surface area contributed by atoms with Gasteiger partial charge in [-0.25, -0.2) is 8.42 Å². The number of hydrogen-bond acceptors (Lipinski definition) is 3. The summed E-state index contributed by atoms with van der Waals surface area (Å²) in [6.45, 7) is 8.02. The first kappa shape index (κ1) is 17.9. The van der Waals surface area contributed by atoms with Gasteiger partial charge in [-0.15, -0.1) is 0 Å². The summed E-state index contributed by atoms with van der Waals surface area (Å²) in [7, 11) is -1.66. The first-order chi connectivity index (χ1) is 10.6. The topological polar surface area (TPSA) is 57.7 Å². The summed E-state index contributed by atoms with van der Waals surface area (Å²) in [5, 5.41) is 0. The van der Waals surface area contributed by atoms with Gasteiger partial charge in [0.1, 0.15) is 0 Å². The third-order valence-electron chi connectivity index (χ3n) is 3.86. The summed E-state index contributed by atoms with van der Waals surface area (Å²) in [6, 6.07) is 6.27. The highest BCUT2D eigenvalue weighted by atomic mass is 32.2. The van der Waals surface area contributed by atoms with Crippen LogP contribution in [-0.2, 0) is 10.0 Å². The van der Waals surface area contributed by atoms with Gasteiger partial charge in [-0.3, -0.25) is 4.79 Å². The molecule has 1 aliphatic rings. The summed E-state index contributed by atoms with van der Waals surface area (Å²) >= 11 is 0. The van der Waals surface area contributed by atoms with Crippen molar-refractivity contribution >= 4 is 15.9 Å². The predicted octanol–water partition coefficient (Wildman–Crippen LogP) is 2.59. The maximum atomic E-state index is 12.5. The maximum absolute atomic E-state index is 12.5. The SMILES string of the molecule is CN(CC(C)(C)C)C(=O)c1ccc(S(=O)(=O)N2CCCC2)cc1. The van der Waals surface area contributed by atoms with E-state index in [0.717, 1.165) is 12.8 Å². The number of carbonyl (C=O) groups excluding carboxylic acids is 1. The van der Waals surface area contributed by atoms with Crippen molar-refractivity contribution in [2.24, 2.45) is 5.41 Å². The van der Waals surface area contributed by atoms with Gasteiger partial charge in [0.05, 0.1) is 4.90 Å². The number of nitrogens with zero attached hydrogens (tertiary/aromatic N) is 2. The van der Waals surface area contributed by atoms with Gasteiger partial charge in [-0.1, -0.05) is 20.8 Å². The van der Waals surface area contributed by atoms with Gasteiger partial charge in [0.2, 0.25) is 10.0 Å². The van der Waals surface area contributed by atoms with Gasteiger partial charge in [-0.2, -0.15) is 4.31 Å². The van der Waals surface area contributed by atoms with Crippen LogP contribution in [0, 0.1) is 5.41 Å². The van der Waals surface area contributed by atoms with Crippen molar-refractivity contribution in [1.82, 2.24) is 9.21 Å². The van der Waals surface area contributed by atoms with Crippen molar-refractivity contribution in [2.75, 3.05) is 26.7 Å². The lowest BCUT2D eigenvalue weighted by molar-refractivity contribution is 0.0745. The molecule has 0 unspecified atom stereocenters. The van der Waals surface area contributed by atoms with Crippen LogP contribution in [0.2, 0.25) is 0 Å². The quantitative estimate of drug-likeness (QED) is 0.848. The molecule has 23 heavy (non-hydrogen) atoms. The Labute approximate surface area is 139 Å². The van der Waals surface area contributed by atoms with Crippen LogP contribution < -0.4 is 0 Å². The van der Waals surface area contributed by atoms with E-state index in [1.165, 1.54) is 16.4 Å². The summed E-state index contributed by atoms with van der Waals surface area (Å²) in [4.78, 5) is 14.3. The lowest BCUT2D eigenvalue weighted by Gasteiger charge is -2.26. The maximum Gasteiger partial charge on any atom is 0.253 e. The Balaban J connectivity index is 2.14. The molecule has 1 heterocycles. The molecule has 2 rings (SSSR count). The Morgan fingerprint density at radius 3 is 2.13 bits per heavy atom. The van der Waals surface area contributed by atoms with Crippen LogP contribution in [-0.4, -0.2) is 50.2 Å². The second-order valence-electron chi connectivity index (χ2n) is 7.36. The molecule has 128 valence electrons. The predicted molar refractivity (Wildman–Crippen MR) is 90.9 cm³/mol. The van der Waals surface area contributed by atoms with Gasteiger partial charge >= 0.3 is 0 Å². The van der Waals surface area contributed by atoms with E-state index in [0.29, 0.717) is 25.2 Å². The number of carbonyl (C=O) groups is 1. The van der Waals surface area contributed by atoms with E-state index in [1.54, 1.807) is 24.1 Å². The van der Waals surface area contributed by atoms with E-state index in [1.807, 2.05) is 0 Å². The molecule has 0 N–H and O–H groups in total. The summed E-state index contributed by atoms with van der Waals surface area (Å²) in [5.41, 5.74) is 0.529. The molecule has 5 nitrogen and oxygen atoms in total. The molecule has 1 aliphatic heterocycles. The first-order valence-corrected chi connectivity index (χ1v) is 9.41. The van der Waals surface area contributed by atoms with Crippen LogP contribution in [0.25, 0.3) is 0 Å². The number of hydrogen-bond donors (Lipinski definition) is 0. The number of amides is 1. The molecule has 0 saturated carbocycles. The molecule has 1 fully saturated rings. The van der Waals surface area contributed by atoms with Crippen molar-refractivity contribution in [3.63, 3.8) is 0 Å². The van der Waals surface area contributed by atoms with E-state index >= 15 is 0 Å². The zero-order valence-corrected chi connectivity index (χ0v) is 15.2. The normalized spacial score (nSPS) is 16.5. The third kappa shape index (κ3) is 4.32. The van der Waals surface area contributed by atoms with E-state index < -0.39 is 10.0 Å². The third-order valence-corrected chi connectivity index (χ3v) is 5.78. The summed E-state index contributed by atoms with van der Waals surface area (Å²) < 4.78 is 26.4. The molecule has 0 aliphatic carbocycles. The minimum absolute atomic E-state index is 0.0173. The van der Waals surface area contributed by atoms with Crippen LogP contribution in [0.4, 0.5) is 0 Å². The monoisotopic (exact) mass is 338 g/mol. The summed E-state index contributed by atoms with van der Waals surface area (Å²) in [5.74, 6) is -0.0926. The van der Waals surface area contributed by atoms with E-state index in [2.05, 4.69) is 20.8 Å². The zero-order valence-electron chi connectivity index (χ0n) is 14.4. The number of sulfonamides is 1. The average Bonchev–Trinajstić information content (AvgIpc) is 2.99. The molecule has 0 radical (unpaired) electrons. The van der Waals surface area contributed by atoms with Crippen LogP contribution in [0.1, 0.15) is 44.0 Å². The van der Waals surface area contributed by atoms with Crippen molar-refractivity contribution < 1.29 is 13.2 Å². The van der Waals surface area contributed by atoms with Crippen molar-refractivity contribution in [2.45, 2.75) is 38.5 Å². The van der Waals surface area contributed by atoms with E-state index in [-0.39, 0.29) is 16.2 Å². The number of rotatable bonds is 4. The highest BCUT2D eigenvalue weighted by molar-refractivity contribution is 7.89. The smallest absolute Gasteiger partial charge is 0.253 e. The lowest BCUT2D eigenvalue weighted by atomic mass is 9.96.